The topological polar surface area (TPSA) is 80.1 Å². The summed E-state index contributed by atoms with van der Waals surface area (Å²) in [6.07, 6.45) is 2.44. The Morgan fingerprint density at radius 1 is 1.62 bits per heavy atom. The lowest BCUT2D eigenvalue weighted by Crippen LogP contribution is -2.17. The zero-order valence-electron chi connectivity index (χ0n) is 8.85. The van der Waals surface area contributed by atoms with E-state index in [9.17, 15) is 10.1 Å². The van der Waals surface area contributed by atoms with Crippen molar-refractivity contribution in [3.8, 4) is 0 Å². The highest BCUT2D eigenvalue weighted by atomic mass is 16.6. The Morgan fingerprint density at radius 3 is 3.06 bits per heavy atom. The van der Waals surface area contributed by atoms with Gasteiger partial charge in [-0.1, -0.05) is 0 Å². The molecule has 1 aliphatic rings. The molecule has 86 valence electrons. The summed E-state index contributed by atoms with van der Waals surface area (Å²) in [5, 5.41) is 16.9. The van der Waals surface area contributed by atoms with Crippen LogP contribution in [0.3, 0.4) is 0 Å². The Labute approximate surface area is 93.2 Å². The number of nitrogens with zero attached hydrogens (tertiary/aromatic N) is 2. The molecule has 1 aromatic heterocycles. The van der Waals surface area contributed by atoms with E-state index < -0.39 is 4.92 Å². The molecule has 2 heterocycles. The van der Waals surface area contributed by atoms with Crippen molar-refractivity contribution in [3.05, 3.63) is 28.4 Å². The number of pyridine rings is 1. The van der Waals surface area contributed by atoms with Gasteiger partial charge in [-0.25, -0.2) is 4.98 Å². The van der Waals surface area contributed by atoms with Crippen LogP contribution in [0.2, 0.25) is 0 Å². The van der Waals surface area contributed by atoms with E-state index in [0.29, 0.717) is 11.7 Å². The molecule has 2 N–H and O–H groups in total. The van der Waals surface area contributed by atoms with Gasteiger partial charge in [0.15, 0.2) is 0 Å². The molecule has 1 fully saturated rings. The molecular weight excluding hydrogens is 208 g/mol. The van der Waals surface area contributed by atoms with Crippen molar-refractivity contribution in [2.45, 2.75) is 6.42 Å². The number of nitro groups is 1. The van der Waals surface area contributed by atoms with Crippen LogP contribution in [0.4, 0.5) is 11.5 Å². The average Bonchev–Trinajstić information content (AvgIpc) is 2.80. The van der Waals surface area contributed by atoms with Crippen LogP contribution in [0.25, 0.3) is 0 Å². The predicted molar refractivity (Wildman–Crippen MR) is 60.4 cm³/mol. The molecule has 0 aromatic carbocycles. The molecule has 16 heavy (non-hydrogen) atoms. The van der Waals surface area contributed by atoms with Gasteiger partial charge in [-0.05, 0) is 31.5 Å². The summed E-state index contributed by atoms with van der Waals surface area (Å²) in [6.45, 7) is 2.96. The van der Waals surface area contributed by atoms with Crippen LogP contribution < -0.4 is 10.6 Å². The van der Waals surface area contributed by atoms with Gasteiger partial charge in [0.25, 0.3) is 5.69 Å². The van der Waals surface area contributed by atoms with Gasteiger partial charge in [-0.15, -0.1) is 0 Å². The van der Waals surface area contributed by atoms with Gasteiger partial charge in [0.1, 0.15) is 12.0 Å². The van der Waals surface area contributed by atoms with Crippen LogP contribution in [-0.4, -0.2) is 29.5 Å². The molecular formula is C10H14N4O2. The summed E-state index contributed by atoms with van der Waals surface area (Å²) < 4.78 is 0. The fourth-order valence-corrected chi connectivity index (χ4v) is 1.74. The smallest absolute Gasteiger partial charge is 0.287 e. The minimum absolute atomic E-state index is 0.0214. The number of aromatic nitrogens is 1. The van der Waals surface area contributed by atoms with Crippen molar-refractivity contribution in [3.63, 3.8) is 0 Å². The van der Waals surface area contributed by atoms with E-state index in [1.807, 2.05) is 0 Å². The normalized spacial score (nSPS) is 19.6. The van der Waals surface area contributed by atoms with Crippen molar-refractivity contribution in [2.24, 2.45) is 5.92 Å². The molecule has 0 saturated carbocycles. The first-order valence-electron chi connectivity index (χ1n) is 5.31. The average molecular weight is 222 g/mol. The van der Waals surface area contributed by atoms with Gasteiger partial charge in [-0.2, -0.15) is 0 Å². The van der Waals surface area contributed by atoms with Gasteiger partial charge in [-0.3, -0.25) is 10.1 Å². The number of hydrogen-bond acceptors (Lipinski definition) is 5. The lowest BCUT2D eigenvalue weighted by molar-refractivity contribution is -0.385. The molecule has 0 aliphatic carbocycles. The maximum Gasteiger partial charge on any atom is 0.287 e. The summed E-state index contributed by atoms with van der Waals surface area (Å²) in [4.78, 5) is 14.0. The summed E-state index contributed by atoms with van der Waals surface area (Å²) in [7, 11) is 0. The first-order chi connectivity index (χ1) is 7.75. The third-order valence-electron chi connectivity index (χ3n) is 2.69. The first-order valence-corrected chi connectivity index (χ1v) is 5.31. The molecule has 0 radical (unpaired) electrons. The molecule has 0 amide bonds. The quantitative estimate of drug-likeness (QED) is 0.587. The van der Waals surface area contributed by atoms with E-state index in [1.54, 1.807) is 6.07 Å². The Morgan fingerprint density at radius 2 is 2.50 bits per heavy atom. The SMILES string of the molecule is O=[N+]([O-])c1ccc(NC[C@@H]2CCNC2)nc1. The Bertz CT molecular complexity index is 360. The first kappa shape index (κ1) is 10.8. The van der Waals surface area contributed by atoms with Gasteiger partial charge in [0, 0.05) is 12.6 Å². The minimum atomic E-state index is -0.447. The zero-order valence-corrected chi connectivity index (χ0v) is 8.85. The predicted octanol–water partition coefficient (Wildman–Crippen LogP) is 1.01. The monoisotopic (exact) mass is 222 g/mol. The Balaban J connectivity index is 1.87. The van der Waals surface area contributed by atoms with E-state index in [4.69, 9.17) is 0 Å². The number of nitrogens with one attached hydrogen (secondary N) is 2. The number of anilines is 1. The Kier molecular flexibility index (Phi) is 3.31. The van der Waals surface area contributed by atoms with E-state index in [0.717, 1.165) is 19.6 Å². The van der Waals surface area contributed by atoms with Gasteiger partial charge in [0.2, 0.25) is 0 Å². The third kappa shape index (κ3) is 2.66. The highest BCUT2D eigenvalue weighted by Gasteiger charge is 2.14. The summed E-state index contributed by atoms with van der Waals surface area (Å²) in [5.74, 6) is 1.31. The molecule has 6 heteroatoms. The number of rotatable bonds is 4. The lowest BCUT2D eigenvalue weighted by Gasteiger charge is -2.09. The molecule has 1 atom stereocenters. The molecule has 1 saturated heterocycles. The van der Waals surface area contributed by atoms with Gasteiger partial charge < -0.3 is 10.6 Å². The largest absolute Gasteiger partial charge is 0.370 e. The third-order valence-corrected chi connectivity index (χ3v) is 2.69. The van der Waals surface area contributed by atoms with Crippen LogP contribution in [0.1, 0.15) is 6.42 Å². The van der Waals surface area contributed by atoms with Crippen molar-refractivity contribution in [1.82, 2.24) is 10.3 Å². The second-order valence-electron chi connectivity index (χ2n) is 3.90. The highest BCUT2D eigenvalue weighted by molar-refractivity contribution is 5.40. The lowest BCUT2D eigenvalue weighted by atomic mass is 10.1. The fraction of sp³-hybridized carbons (Fsp3) is 0.500. The second-order valence-corrected chi connectivity index (χ2v) is 3.90. The van der Waals surface area contributed by atoms with Crippen molar-refractivity contribution < 1.29 is 4.92 Å². The summed E-state index contributed by atoms with van der Waals surface area (Å²) >= 11 is 0. The summed E-state index contributed by atoms with van der Waals surface area (Å²) in [5.41, 5.74) is 0.0214. The second kappa shape index (κ2) is 4.89. The van der Waals surface area contributed by atoms with Crippen LogP contribution in [0.5, 0.6) is 0 Å². The van der Waals surface area contributed by atoms with E-state index in [2.05, 4.69) is 15.6 Å². The molecule has 6 nitrogen and oxygen atoms in total. The van der Waals surface area contributed by atoms with Crippen LogP contribution in [0, 0.1) is 16.0 Å². The molecule has 0 bridgehead atoms. The van der Waals surface area contributed by atoms with Crippen LogP contribution in [0.15, 0.2) is 18.3 Å². The fourth-order valence-electron chi connectivity index (χ4n) is 1.74. The van der Waals surface area contributed by atoms with E-state index in [-0.39, 0.29) is 5.69 Å². The van der Waals surface area contributed by atoms with Crippen LogP contribution >= 0.6 is 0 Å². The molecule has 0 spiro atoms. The van der Waals surface area contributed by atoms with Crippen molar-refractivity contribution >= 4 is 11.5 Å². The van der Waals surface area contributed by atoms with Gasteiger partial charge in [0.05, 0.1) is 4.92 Å². The maximum absolute atomic E-state index is 10.4. The summed E-state index contributed by atoms with van der Waals surface area (Å²) in [6, 6.07) is 3.10. The standard InChI is InChI=1S/C10H14N4O2/c15-14(16)9-1-2-10(13-7-9)12-6-8-3-4-11-5-8/h1-2,7-8,11H,3-6H2,(H,12,13)/t8-/m1/s1. The van der Waals surface area contributed by atoms with E-state index in [1.165, 1.54) is 18.7 Å². The molecule has 2 rings (SSSR count). The van der Waals surface area contributed by atoms with Crippen molar-refractivity contribution in [2.75, 3.05) is 25.0 Å². The molecule has 1 aromatic rings. The Hall–Kier alpha value is -1.69. The van der Waals surface area contributed by atoms with Crippen LogP contribution in [-0.2, 0) is 0 Å². The van der Waals surface area contributed by atoms with Gasteiger partial charge >= 0.3 is 0 Å². The maximum atomic E-state index is 10.4. The van der Waals surface area contributed by atoms with E-state index >= 15 is 0 Å². The highest BCUT2D eigenvalue weighted by Crippen LogP contribution is 2.13. The minimum Gasteiger partial charge on any atom is -0.370 e. The van der Waals surface area contributed by atoms with Crippen molar-refractivity contribution in [1.29, 1.82) is 0 Å². The molecule has 1 aliphatic heterocycles. The number of hydrogen-bond donors (Lipinski definition) is 2. The molecule has 0 unspecified atom stereocenters. The zero-order chi connectivity index (χ0) is 11.4.